The van der Waals surface area contributed by atoms with Crippen molar-refractivity contribution in [1.82, 2.24) is 4.98 Å². The molecule has 4 heteroatoms. The van der Waals surface area contributed by atoms with Crippen molar-refractivity contribution >= 4 is 31.9 Å². The number of hydrogen-bond donors (Lipinski definition) is 1. The molecule has 0 saturated carbocycles. The molecule has 0 amide bonds. The minimum atomic E-state index is 0.378. The van der Waals surface area contributed by atoms with E-state index < -0.39 is 0 Å². The molecule has 1 N–H and O–H groups in total. The molecular formula is C14H25Br2N2+. The molecule has 1 aromatic rings. The third-order valence-electron chi connectivity index (χ3n) is 3.29. The van der Waals surface area contributed by atoms with E-state index in [0.717, 1.165) is 6.42 Å². The Labute approximate surface area is 128 Å². The second kappa shape index (κ2) is 9.13. The Balaban J connectivity index is 2.19. The van der Waals surface area contributed by atoms with Gasteiger partial charge in [-0.15, -0.1) is 0 Å². The monoisotopic (exact) mass is 379 g/mol. The highest BCUT2D eigenvalue weighted by atomic mass is 79.9. The summed E-state index contributed by atoms with van der Waals surface area (Å²) in [6.45, 7) is 4.36. The van der Waals surface area contributed by atoms with Crippen LogP contribution in [0.5, 0.6) is 0 Å². The number of imidazole rings is 1. The Morgan fingerprint density at radius 1 is 1.22 bits per heavy atom. The maximum absolute atomic E-state index is 3.80. The van der Waals surface area contributed by atoms with Gasteiger partial charge in [0.05, 0.1) is 0 Å². The van der Waals surface area contributed by atoms with Crippen molar-refractivity contribution in [3.63, 3.8) is 0 Å². The first-order valence-corrected chi connectivity index (χ1v) is 8.81. The summed E-state index contributed by atoms with van der Waals surface area (Å²) in [5.74, 6) is 1.19. The van der Waals surface area contributed by atoms with Gasteiger partial charge in [-0.1, -0.05) is 55.0 Å². The summed E-state index contributed by atoms with van der Waals surface area (Å²) >= 11 is 7.57. The molecular weight excluding hydrogens is 356 g/mol. The second-order valence-electron chi connectivity index (χ2n) is 4.92. The minimum absolute atomic E-state index is 0.378. The molecule has 0 radical (unpaired) electrons. The molecule has 1 aromatic heterocycles. The summed E-state index contributed by atoms with van der Waals surface area (Å²) in [5.41, 5.74) is 0. The number of nitrogens with zero attached hydrogens (tertiary/aromatic N) is 1. The number of aromatic amines is 1. The van der Waals surface area contributed by atoms with E-state index in [-0.39, 0.29) is 0 Å². The van der Waals surface area contributed by atoms with Crippen LogP contribution in [-0.4, -0.2) is 9.81 Å². The van der Waals surface area contributed by atoms with Crippen LogP contribution in [-0.2, 0) is 0 Å². The zero-order valence-corrected chi connectivity index (χ0v) is 14.6. The van der Waals surface area contributed by atoms with Gasteiger partial charge in [0.15, 0.2) is 4.95 Å². The van der Waals surface area contributed by atoms with Crippen molar-refractivity contribution in [1.29, 1.82) is 0 Å². The standard InChI is InChI=1S/C14H24Br2N2/c1-3-4-5-6-7-8-13(15)11-14(16)18-10-9-17-12(18)2/h9-10,13-14H,3-8,11H2,1-2H3/p+1. The lowest BCUT2D eigenvalue weighted by atomic mass is 10.1. The van der Waals surface area contributed by atoms with Gasteiger partial charge < -0.3 is 0 Å². The lowest BCUT2D eigenvalue weighted by Crippen LogP contribution is -2.38. The molecule has 0 aromatic carbocycles. The average Bonchev–Trinajstić information content (AvgIpc) is 2.75. The fraction of sp³-hybridized carbons (Fsp3) is 0.786. The van der Waals surface area contributed by atoms with E-state index in [1.54, 1.807) is 0 Å². The first kappa shape index (κ1) is 16.2. The number of nitrogens with one attached hydrogen (secondary N) is 1. The minimum Gasteiger partial charge on any atom is -0.248 e. The summed E-state index contributed by atoms with van der Waals surface area (Å²) < 4.78 is 2.24. The molecule has 2 nitrogen and oxygen atoms in total. The van der Waals surface area contributed by atoms with Crippen LogP contribution >= 0.6 is 31.9 Å². The van der Waals surface area contributed by atoms with E-state index in [1.165, 1.54) is 44.3 Å². The maximum Gasteiger partial charge on any atom is 0.251 e. The molecule has 2 atom stereocenters. The van der Waals surface area contributed by atoms with E-state index in [9.17, 15) is 0 Å². The normalized spacial score (nSPS) is 14.7. The van der Waals surface area contributed by atoms with Gasteiger partial charge in [-0.2, -0.15) is 0 Å². The van der Waals surface area contributed by atoms with Gasteiger partial charge in [-0.3, -0.25) is 0 Å². The molecule has 0 spiro atoms. The molecule has 104 valence electrons. The summed E-state index contributed by atoms with van der Waals surface area (Å²) in [5, 5.41) is 0. The van der Waals surface area contributed by atoms with E-state index in [0.29, 0.717) is 9.78 Å². The number of H-pyrrole nitrogens is 1. The van der Waals surface area contributed by atoms with Gasteiger partial charge in [-0.05, 0) is 22.4 Å². The van der Waals surface area contributed by atoms with Gasteiger partial charge in [0.2, 0.25) is 0 Å². The number of alkyl halides is 2. The van der Waals surface area contributed by atoms with Gasteiger partial charge in [0.25, 0.3) is 5.82 Å². The third-order valence-corrected chi connectivity index (χ3v) is 4.93. The van der Waals surface area contributed by atoms with Crippen LogP contribution in [0, 0.1) is 6.92 Å². The van der Waals surface area contributed by atoms with Crippen LogP contribution in [0.4, 0.5) is 0 Å². The molecule has 0 fully saturated rings. The SMILES string of the molecule is CCCCCCCC(Br)CC(Br)[n+]1cc[nH]c1C. The molecule has 1 heterocycles. The molecule has 0 aliphatic heterocycles. The highest BCUT2D eigenvalue weighted by Crippen LogP contribution is 2.23. The fourth-order valence-corrected chi connectivity index (χ4v) is 4.21. The zero-order chi connectivity index (χ0) is 13.4. The molecule has 0 bridgehead atoms. The fourth-order valence-electron chi connectivity index (χ4n) is 2.14. The quantitative estimate of drug-likeness (QED) is 0.352. The van der Waals surface area contributed by atoms with Crippen LogP contribution in [0.1, 0.15) is 62.6 Å². The molecule has 0 saturated heterocycles. The first-order valence-electron chi connectivity index (χ1n) is 6.98. The van der Waals surface area contributed by atoms with Crippen molar-refractivity contribution in [2.75, 3.05) is 0 Å². The van der Waals surface area contributed by atoms with E-state index in [2.05, 4.69) is 61.5 Å². The topological polar surface area (TPSA) is 19.7 Å². The highest BCUT2D eigenvalue weighted by Gasteiger charge is 2.18. The van der Waals surface area contributed by atoms with Crippen LogP contribution in [0.15, 0.2) is 12.4 Å². The van der Waals surface area contributed by atoms with E-state index >= 15 is 0 Å². The zero-order valence-electron chi connectivity index (χ0n) is 11.5. The van der Waals surface area contributed by atoms with Crippen LogP contribution < -0.4 is 4.57 Å². The van der Waals surface area contributed by atoms with E-state index in [4.69, 9.17) is 0 Å². The summed E-state index contributed by atoms with van der Waals surface area (Å²) in [6.07, 6.45) is 13.3. The number of hydrogen-bond acceptors (Lipinski definition) is 0. The predicted octanol–water partition coefficient (Wildman–Crippen LogP) is 5.02. The maximum atomic E-state index is 3.80. The van der Waals surface area contributed by atoms with Crippen LogP contribution in [0.25, 0.3) is 0 Å². The summed E-state index contributed by atoms with van der Waals surface area (Å²) in [6, 6.07) is 0. The summed E-state index contributed by atoms with van der Waals surface area (Å²) in [7, 11) is 0. The van der Waals surface area contributed by atoms with Crippen molar-refractivity contribution in [2.45, 2.75) is 68.6 Å². The highest BCUT2D eigenvalue weighted by molar-refractivity contribution is 9.10. The lowest BCUT2D eigenvalue weighted by molar-refractivity contribution is -0.702. The average molecular weight is 381 g/mol. The molecule has 0 aliphatic rings. The Morgan fingerprint density at radius 2 is 1.94 bits per heavy atom. The number of unbranched alkanes of at least 4 members (excludes halogenated alkanes) is 4. The van der Waals surface area contributed by atoms with Gasteiger partial charge in [0.1, 0.15) is 12.4 Å². The van der Waals surface area contributed by atoms with Gasteiger partial charge in [0, 0.05) is 18.2 Å². The number of halogens is 2. The predicted molar refractivity (Wildman–Crippen MR) is 84.4 cm³/mol. The Morgan fingerprint density at radius 3 is 2.56 bits per heavy atom. The number of rotatable bonds is 9. The molecule has 0 aliphatic carbocycles. The number of aryl methyl sites for hydroxylation is 1. The second-order valence-corrected chi connectivity index (χ2v) is 7.28. The smallest absolute Gasteiger partial charge is 0.248 e. The van der Waals surface area contributed by atoms with Crippen molar-refractivity contribution < 1.29 is 4.57 Å². The van der Waals surface area contributed by atoms with Crippen molar-refractivity contribution in [2.24, 2.45) is 0 Å². The Hall–Kier alpha value is 0.170. The van der Waals surface area contributed by atoms with Gasteiger partial charge in [-0.25, -0.2) is 9.55 Å². The third kappa shape index (κ3) is 5.87. The molecule has 18 heavy (non-hydrogen) atoms. The Kier molecular flexibility index (Phi) is 8.23. The summed E-state index contributed by atoms with van der Waals surface area (Å²) in [4.78, 5) is 4.19. The molecule has 2 unspecified atom stereocenters. The van der Waals surface area contributed by atoms with Crippen LogP contribution in [0.3, 0.4) is 0 Å². The number of aromatic nitrogens is 2. The van der Waals surface area contributed by atoms with Crippen LogP contribution in [0.2, 0.25) is 0 Å². The largest absolute Gasteiger partial charge is 0.251 e. The Bertz CT molecular complexity index is 325. The van der Waals surface area contributed by atoms with Gasteiger partial charge >= 0.3 is 0 Å². The molecule has 1 rings (SSSR count). The van der Waals surface area contributed by atoms with Crippen molar-refractivity contribution in [3.8, 4) is 0 Å². The van der Waals surface area contributed by atoms with Crippen molar-refractivity contribution in [3.05, 3.63) is 18.2 Å². The first-order chi connectivity index (χ1) is 8.65. The lowest BCUT2D eigenvalue weighted by Gasteiger charge is -2.13. The van der Waals surface area contributed by atoms with E-state index in [1.807, 2.05) is 6.20 Å².